The van der Waals surface area contributed by atoms with Gasteiger partial charge in [-0.25, -0.2) is 4.99 Å². The highest BCUT2D eigenvalue weighted by Crippen LogP contribution is 2.36. The predicted octanol–water partition coefficient (Wildman–Crippen LogP) is 7.29. The molecule has 0 bridgehead atoms. The second kappa shape index (κ2) is 10.7. The quantitative estimate of drug-likeness (QED) is 0.257. The van der Waals surface area contributed by atoms with Gasteiger partial charge in [-0.05, 0) is 57.4 Å². The van der Waals surface area contributed by atoms with E-state index >= 15 is 0 Å². The van der Waals surface area contributed by atoms with E-state index in [9.17, 15) is 13.2 Å². The molecule has 0 unspecified atom stereocenters. The number of nitrogens with zero attached hydrogens (tertiary/aromatic N) is 2. The number of anilines is 1. The van der Waals surface area contributed by atoms with Gasteiger partial charge in [-0.1, -0.05) is 37.1 Å². The Balaban J connectivity index is 1.99. The van der Waals surface area contributed by atoms with E-state index in [0.717, 1.165) is 24.1 Å². The van der Waals surface area contributed by atoms with E-state index in [0.29, 0.717) is 29.3 Å². The summed E-state index contributed by atoms with van der Waals surface area (Å²) in [5.74, 6) is -0.0143. The van der Waals surface area contributed by atoms with Crippen molar-refractivity contribution in [3.05, 3.63) is 82.6 Å². The summed E-state index contributed by atoms with van der Waals surface area (Å²) in [6, 6.07) is 10.9. The summed E-state index contributed by atoms with van der Waals surface area (Å²) in [4.78, 5) is 8.73. The molecule has 1 aliphatic carbocycles. The van der Waals surface area contributed by atoms with Crippen LogP contribution in [0.15, 0.2) is 70.8 Å². The molecule has 1 aromatic heterocycles. The van der Waals surface area contributed by atoms with Gasteiger partial charge in [0.05, 0.1) is 18.5 Å². The number of allylic oxidation sites excluding steroid dienone is 2. The van der Waals surface area contributed by atoms with E-state index in [1.807, 2.05) is 31.2 Å². The Morgan fingerprint density at radius 3 is 2.36 bits per heavy atom. The number of hydrogen-bond acceptors (Lipinski definition) is 4. The van der Waals surface area contributed by atoms with Crippen LogP contribution in [0.1, 0.15) is 62.3 Å². The van der Waals surface area contributed by atoms with Gasteiger partial charge in [0.1, 0.15) is 5.57 Å². The number of aryl methyl sites for hydroxylation is 1. The third kappa shape index (κ3) is 6.24. The van der Waals surface area contributed by atoms with Crippen molar-refractivity contribution in [1.82, 2.24) is 4.98 Å². The van der Waals surface area contributed by atoms with Crippen molar-refractivity contribution in [1.29, 1.82) is 0 Å². The van der Waals surface area contributed by atoms with Gasteiger partial charge in [0.2, 0.25) is 5.88 Å². The minimum atomic E-state index is -4.68. The summed E-state index contributed by atoms with van der Waals surface area (Å²) >= 11 is 0. The molecule has 176 valence electrons. The van der Waals surface area contributed by atoms with E-state index in [-0.39, 0.29) is 5.70 Å². The van der Waals surface area contributed by atoms with Gasteiger partial charge in [-0.3, -0.25) is 4.98 Å². The molecule has 1 saturated carbocycles. The summed E-state index contributed by atoms with van der Waals surface area (Å²) in [5.41, 5.74) is 2.59. The minimum Gasteiger partial charge on any atom is -0.480 e. The molecule has 3 rings (SSSR count). The number of aromatic nitrogens is 1. The molecule has 0 aliphatic heterocycles. The van der Waals surface area contributed by atoms with Crippen LogP contribution in [0.5, 0.6) is 0 Å². The van der Waals surface area contributed by atoms with Crippen LogP contribution in [0.3, 0.4) is 0 Å². The Kier molecular flexibility index (Phi) is 7.95. The molecule has 1 heterocycles. The topological polar surface area (TPSA) is 46.5 Å². The van der Waals surface area contributed by atoms with Crippen molar-refractivity contribution in [3.8, 4) is 0 Å². The largest absolute Gasteiger partial charge is 0.480 e. The zero-order valence-corrected chi connectivity index (χ0v) is 19.5. The third-order valence-electron chi connectivity index (χ3n) is 5.70. The third-order valence-corrected chi connectivity index (χ3v) is 5.70. The molecule has 1 aromatic carbocycles. The lowest BCUT2D eigenvalue weighted by atomic mass is 9.82. The number of hydrogen-bond donors (Lipinski definition) is 1. The summed E-state index contributed by atoms with van der Waals surface area (Å²) in [6.45, 7) is 5.35. The number of rotatable bonds is 8. The number of benzene rings is 1. The number of nitrogens with one attached hydrogen (secondary N) is 1. The molecule has 7 heteroatoms. The average molecular weight is 458 g/mol. The summed E-state index contributed by atoms with van der Waals surface area (Å²) in [7, 11) is 1.20. The Labute approximate surface area is 193 Å². The van der Waals surface area contributed by atoms with Crippen molar-refractivity contribution < 1.29 is 17.9 Å². The standard InChI is InChI=1S/C26H30F3N3O/c1-5-7-23(32-21-13-10-17(2)11-14-21)24(26(27,28)29)25(33-4)31-18(3)20-12-15-22(30-16-20)19-8-6-9-19/h7,10-16,19,32H,5-6,8-9H2,1-4H3/b23-7-,25-24-,31-18?. The van der Waals surface area contributed by atoms with Crippen LogP contribution in [0.2, 0.25) is 0 Å². The molecule has 0 atom stereocenters. The van der Waals surface area contributed by atoms with E-state index < -0.39 is 17.6 Å². The number of aliphatic imine (C=N–C) groups is 1. The number of alkyl halides is 3. The normalized spacial score (nSPS) is 16.2. The summed E-state index contributed by atoms with van der Waals surface area (Å²) < 4.78 is 47.9. The van der Waals surface area contributed by atoms with Crippen molar-refractivity contribution in [3.63, 3.8) is 0 Å². The lowest BCUT2D eigenvalue weighted by molar-refractivity contribution is -0.0924. The molecular weight excluding hydrogens is 427 g/mol. The van der Waals surface area contributed by atoms with Crippen LogP contribution in [0.4, 0.5) is 18.9 Å². The number of halogens is 3. The number of ether oxygens (including phenoxy) is 1. The fourth-order valence-electron chi connectivity index (χ4n) is 3.59. The van der Waals surface area contributed by atoms with E-state index in [2.05, 4.69) is 15.3 Å². The number of methoxy groups -OCH3 is 1. The zero-order chi connectivity index (χ0) is 24.0. The maximum Gasteiger partial charge on any atom is 0.423 e. The second-order valence-corrected chi connectivity index (χ2v) is 8.20. The molecule has 0 spiro atoms. The van der Waals surface area contributed by atoms with Gasteiger partial charge in [0.15, 0.2) is 0 Å². The molecule has 0 amide bonds. The highest BCUT2D eigenvalue weighted by molar-refractivity contribution is 5.99. The Morgan fingerprint density at radius 1 is 1.18 bits per heavy atom. The lowest BCUT2D eigenvalue weighted by Crippen LogP contribution is -2.21. The van der Waals surface area contributed by atoms with Gasteiger partial charge in [0.25, 0.3) is 0 Å². The molecule has 1 N–H and O–H groups in total. The average Bonchev–Trinajstić information content (AvgIpc) is 2.73. The lowest BCUT2D eigenvalue weighted by Gasteiger charge is -2.24. The second-order valence-electron chi connectivity index (χ2n) is 8.20. The first-order chi connectivity index (χ1) is 15.7. The first-order valence-corrected chi connectivity index (χ1v) is 11.1. The first-order valence-electron chi connectivity index (χ1n) is 11.1. The van der Waals surface area contributed by atoms with Crippen molar-refractivity contribution in [2.24, 2.45) is 4.99 Å². The molecule has 1 aliphatic rings. The Hall–Kier alpha value is -3.09. The van der Waals surface area contributed by atoms with Gasteiger partial charge in [0, 0.05) is 29.1 Å². The maximum absolute atomic E-state index is 14.2. The van der Waals surface area contributed by atoms with Crippen LogP contribution in [-0.4, -0.2) is 24.0 Å². The van der Waals surface area contributed by atoms with Crippen molar-refractivity contribution in [2.45, 2.75) is 58.5 Å². The van der Waals surface area contributed by atoms with Crippen molar-refractivity contribution in [2.75, 3.05) is 12.4 Å². The van der Waals surface area contributed by atoms with Gasteiger partial charge in [-0.2, -0.15) is 13.2 Å². The Bertz CT molecular complexity index is 1030. The molecule has 1 fully saturated rings. The molecular formula is C26H30F3N3O. The van der Waals surface area contributed by atoms with Crippen LogP contribution in [0.25, 0.3) is 0 Å². The van der Waals surface area contributed by atoms with Gasteiger partial charge < -0.3 is 10.1 Å². The van der Waals surface area contributed by atoms with Crippen molar-refractivity contribution >= 4 is 11.4 Å². The first kappa shape index (κ1) is 24.6. The fraction of sp³-hybridized carbons (Fsp3) is 0.385. The van der Waals surface area contributed by atoms with Crippen LogP contribution in [0, 0.1) is 6.92 Å². The van der Waals surface area contributed by atoms with E-state index in [4.69, 9.17) is 4.74 Å². The van der Waals surface area contributed by atoms with E-state index in [1.54, 1.807) is 32.2 Å². The molecule has 0 radical (unpaired) electrons. The molecule has 4 nitrogen and oxygen atoms in total. The van der Waals surface area contributed by atoms with Crippen LogP contribution in [-0.2, 0) is 4.74 Å². The zero-order valence-electron chi connectivity index (χ0n) is 19.5. The smallest absolute Gasteiger partial charge is 0.423 e. The van der Waals surface area contributed by atoms with Gasteiger partial charge in [-0.15, -0.1) is 0 Å². The molecule has 2 aromatic rings. The molecule has 0 saturated heterocycles. The van der Waals surface area contributed by atoms with E-state index in [1.165, 1.54) is 19.6 Å². The molecule has 33 heavy (non-hydrogen) atoms. The fourth-order valence-corrected chi connectivity index (χ4v) is 3.59. The van der Waals surface area contributed by atoms with Gasteiger partial charge >= 0.3 is 6.18 Å². The summed E-state index contributed by atoms with van der Waals surface area (Å²) in [5, 5.41) is 2.90. The monoisotopic (exact) mass is 457 g/mol. The highest BCUT2D eigenvalue weighted by atomic mass is 19.4. The van der Waals surface area contributed by atoms with Crippen LogP contribution < -0.4 is 5.32 Å². The minimum absolute atomic E-state index is 0.0966. The SMILES string of the molecule is CC/C=C(Nc1ccc(C)cc1)/C(=C(\N=C(C)c1ccc(C2CCC2)nc1)OC)C(F)(F)F. The Morgan fingerprint density at radius 2 is 1.88 bits per heavy atom. The summed E-state index contributed by atoms with van der Waals surface area (Å²) in [6.07, 6.45) is 2.35. The maximum atomic E-state index is 14.2. The van der Waals surface area contributed by atoms with Crippen LogP contribution >= 0.6 is 0 Å². The highest BCUT2D eigenvalue weighted by Gasteiger charge is 2.40. The predicted molar refractivity (Wildman–Crippen MR) is 126 cm³/mol. The number of pyridine rings is 1.